The first-order chi connectivity index (χ1) is 10.6. The second kappa shape index (κ2) is 6.13. The summed E-state index contributed by atoms with van der Waals surface area (Å²) in [6.45, 7) is 0. The van der Waals surface area contributed by atoms with E-state index in [-0.39, 0.29) is 6.07 Å². The van der Waals surface area contributed by atoms with Gasteiger partial charge in [0.1, 0.15) is 0 Å². The van der Waals surface area contributed by atoms with Crippen LogP contribution in [0, 0.1) is 5.92 Å². The lowest BCUT2D eigenvalue weighted by molar-refractivity contribution is -0.143. The van der Waals surface area contributed by atoms with Crippen LogP contribution in [0.25, 0.3) is 0 Å². The van der Waals surface area contributed by atoms with Crippen molar-refractivity contribution in [3.63, 3.8) is 0 Å². The van der Waals surface area contributed by atoms with Crippen LogP contribution in [0.3, 0.4) is 0 Å². The van der Waals surface area contributed by atoms with Gasteiger partial charge in [-0.25, -0.2) is 4.79 Å². The molecule has 1 aromatic rings. The molecule has 1 aliphatic rings. The summed E-state index contributed by atoms with van der Waals surface area (Å²) in [7, 11) is 0. The van der Waals surface area contributed by atoms with Gasteiger partial charge in [-0.15, -0.1) is 0 Å². The fourth-order valence-corrected chi connectivity index (χ4v) is 1.74. The van der Waals surface area contributed by atoms with Crippen molar-refractivity contribution in [3.05, 3.63) is 41.6 Å². The van der Waals surface area contributed by atoms with Crippen molar-refractivity contribution in [2.45, 2.75) is 25.2 Å². The molecule has 0 aromatic heterocycles. The maximum Gasteiger partial charge on any atom is 0.416 e. The predicted octanol–water partition coefficient (Wildman–Crippen LogP) is 4.77. The molecule has 126 valence electrons. The van der Waals surface area contributed by atoms with Crippen molar-refractivity contribution in [1.29, 1.82) is 0 Å². The molecular formula is C14H12F6N2O. The van der Waals surface area contributed by atoms with E-state index < -0.39 is 35.2 Å². The lowest BCUT2D eigenvalue weighted by atomic mass is 10.1. The van der Waals surface area contributed by atoms with Crippen LogP contribution >= 0.6 is 0 Å². The van der Waals surface area contributed by atoms with Gasteiger partial charge in [-0.1, -0.05) is 6.08 Å². The number of hydrogen-bond acceptors (Lipinski definition) is 1. The zero-order valence-electron chi connectivity index (χ0n) is 11.6. The van der Waals surface area contributed by atoms with Gasteiger partial charge in [0.05, 0.1) is 11.1 Å². The van der Waals surface area contributed by atoms with Crippen LogP contribution in [-0.4, -0.2) is 6.03 Å². The molecule has 1 aliphatic carbocycles. The number of amides is 2. The number of hydrogen-bond donors (Lipinski definition) is 2. The summed E-state index contributed by atoms with van der Waals surface area (Å²) >= 11 is 0. The molecule has 9 heteroatoms. The molecule has 2 rings (SSSR count). The van der Waals surface area contributed by atoms with E-state index in [1.165, 1.54) is 6.20 Å². The minimum Gasteiger partial charge on any atom is -0.315 e. The number of carbonyl (C=O) groups excluding carboxylic acids is 1. The molecule has 23 heavy (non-hydrogen) atoms. The molecule has 1 fully saturated rings. The zero-order valence-corrected chi connectivity index (χ0v) is 11.6. The number of alkyl halides is 6. The van der Waals surface area contributed by atoms with Gasteiger partial charge >= 0.3 is 18.4 Å². The van der Waals surface area contributed by atoms with Gasteiger partial charge in [-0.3, -0.25) is 0 Å². The normalized spacial score (nSPS) is 15.7. The highest BCUT2D eigenvalue weighted by atomic mass is 19.4. The Hall–Kier alpha value is -2.19. The largest absolute Gasteiger partial charge is 0.416 e. The maximum absolute atomic E-state index is 12.7. The number of benzene rings is 1. The molecule has 2 N–H and O–H groups in total. The number of allylic oxidation sites excluding steroid dienone is 1. The number of nitrogens with one attached hydrogen (secondary N) is 2. The molecule has 0 aliphatic heterocycles. The van der Waals surface area contributed by atoms with E-state index in [0.29, 0.717) is 18.1 Å². The molecule has 1 aromatic carbocycles. The van der Waals surface area contributed by atoms with Gasteiger partial charge in [0.25, 0.3) is 0 Å². The van der Waals surface area contributed by atoms with E-state index in [1.807, 2.05) is 5.32 Å². The maximum atomic E-state index is 12.7. The second-order valence-corrected chi connectivity index (χ2v) is 5.09. The third kappa shape index (κ3) is 5.19. The average molecular weight is 338 g/mol. The Labute approximate surface area is 127 Å². The standard InChI is InChI=1S/C14H12F6N2O/c15-13(16,17)9-5-10(14(18,19)20)7-11(6-9)22-12(23)21-4-3-8-1-2-8/h3-8H,1-2H2,(H2,21,22,23)/b4-3+. The fraction of sp³-hybridized carbons (Fsp3) is 0.357. The Morgan fingerprint density at radius 3 is 1.96 bits per heavy atom. The minimum atomic E-state index is -4.96. The Morgan fingerprint density at radius 2 is 1.52 bits per heavy atom. The summed E-state index contributed by atoms with van der Waals surface area (Å²) in [5, 5.41) is 4.19. The smallest absolute Gasteiger partial charge is 0.315 e. The third-order valence-corrected chi connectivity index (χ3v) is 3.05. The van der Waals surface area contributed by atoms with Crippen LogP contribution in [-0.2, 0) is 12.4 Å². The Kier molecular flexibility index (Phi) is 4.58. The summed E-state index contributed by atoms with van der Waals surface area (Å²) in [5.41, 5.74) is -3.57. The topological polar surface area (TPSA) is 41.1 Å². The zero-order chi connectivity index (χ0) is 17.3. The number of anilines is 1. The average Bonchev–Trinajstić information content (AvgIpc) is 3.20. The Morgan fingerprint density at radius 1 is 1.00 bits per heavy atom. The molecule has 0 bridgehead atoms. The predicted molar refractivity (Wildman–Crippen MR) is 70.5 cm³/mol. The summed E-state index contributed by atoms with van der Waals surface area (Å²) < 4.78 is 76.0. The van der Waals surface area contributed by atoms with Crippen molar-refractivity contribution in [3.8, 4) is 0 Å². The molecule has 0 unspecified atom stereocenters. The Bertz CT molecular complexity index is 584. The summed E-state index contributed by atoms with van der Waals surface area (Å²) in [6, 6.07) is -0.0380. The van der Waals surface area contributed by atoms with E-state index in [1.54, 1.807) is 6.08 Å². The highest BCUT2D eigenvalue weighted by Gasteiger charge is 2.37. The van der Waals surface area contributed by atoms with Gasteiger partial charge in [0, 0.05) is 11.9 Å². The van der Waals surface area contributed by atoms with Crippen LogP contribution in [0.5, 0.6) is 0 Å². The van der Waals surface area contributed by atoms with E-state index in [2.05, 4.69) is 5.32 Å². The van der Waals surface area contributed by atoms with Crippen molar-refractivity contribution in [2.75, 3.05) is 5.32 Å². The molecule has 0 spiro atoms. The van der Waals surface area contributed by atoms with Gasteiger partial charge < -0.3 is 10.6 Å². The monoisotopic (exact) mass is 338 g/mol. The van der Waals surface area contributed by atoms with Gasteiger partial charge in [0.2, 0.25) is 0 Å². The molecule has 0 heterocycles. The lowest BCUT2D eigenvalue weighted by Gasteiger charge is -2.14. The molecule has 1 saturated carbocycles. The van der Waals surface area contributed by atoms with Crippen molar-refractivity contribution >= 4 is 11.7 Å². The van der Waals surface area contributed by atoms with Crippen molar-refractivity contribution in [2.24, 2.45) is 5.92 Å². The van der Waals surface area contributed by atoms with E-state index >= 15 is 0 Å². The summed E-state index contributed by atoms with van der Waals surface area (Å²) in [4.78, 5) is 11.5. The quantitative estimate of drug-likeness (QED) is 0.766. The second-order valence-electron chi connectivity index (χ2n) is 5.09. The third-order valence-electron chi connectivity index (χ3n) is 3.05. The molecular weight excluding hydrogens is 326 g/mol. The van der Waals surface area contributed by atoms with Gasteiger partial charge in [-0.2, -0.15) is 26.3 Å². The first kappa shape index (κ1) is 17.2. The first-order valence-electron chi connectivity index (χ1n) is 6.59. The van der Waals surface area contributed by atoms with Crippen LogP contribution < -0.4 is 10.6 Å². The summed E-state index contributed by atoms with van der Waals surface area (Å²) in [6.07, 6.45) is -4.93. The fourth-order valence-electron chi connectivity index (χ4n) is 1.74. The summed E-state index contributed by atoms with van der Waals surface area (Å²) in [5.74, 6) is 0.362. The van der Waals surface area contributed by atoms with Crippen molar-refractivity contribution < 1.29 is 31.1 Å². The van der Waals surface area contributed by atoms with Gasteiger partial charge in [0.15, 0.2) is 0 Å². The molecule has 0 saturated heterocycles. The molecule has 0 atom stereocenters. The highest BCUT2D eigenvalue weighted by molar-refractivity contribution is 5.90. The van der Waals surface area contributed by atoms with Crippen LogP contribution in [0.2, 0.25) is 0 Å². The molecule has 3 nitrogen and oxygen atoms in total. The molecule has 0 radical (unpaired) electrons. The van der Waals surface area contributed by atoms with Crippen molar-refractivity contribution in [1.82, 2.24) is 5.32 Å². The molecule has 2 amide bonds. The Balaban J connectivity index is 2.17. The number of urea groups is 1. The number of rotatable bonds is 3. The van der Waals surface area contributed by atoms with Crippen LogP contribution in [0.15, 0.2) is 30.5 Å². The van der Waals surface area contributed by atoms with E-state index in [4.69, 9.17) is 0 Å². The van der Waals surface area contributed by atoms with E-state index in [0.717, 1.165) is 12.8 Å². The van der Waals surface area contributed by atoms with E-state index in [9.17, 15) is 31.1 Å². The van der Waals surface area contributed by atoms with Crippen LogP contribution in [0.4, 0.5) is 36.8 Å². The SMILES string of the molecule is O=C(N/C=C/C1CC1)Nc1cc(C(F)(F)F)cc(C(F)(F)F)c1. The number of halogens is 6. The number of carbonyl (C=O) groups is 1. The van der Waals surface area contributed by atoms with Gasteiger partial charge in [-0.05, 0) is 37.0 Å². The minimum absolute atomic E-state index is 0.00389. The highest BCUT2D eigenvalue weighted by Crippen LogP contribution is 2.37. The first-order valence-corrected chi connectivity index (χ1v) is 6.59. The van der Waals surface area contributed by atoms with Crippen LogP contribution in [0.1, 0.15) is 24.0 Å². The lowest BCUT2D eigenvalue weighted by Crippen LogP contribution is -2.24.